The van der Waals surface area contributed by atoms with Gasteiger partial charge in [0.05, 0.1) is 0 Å². The standard InChI is InChI=1S/C14H21Cl/c1-4-11(2)5-6-12(3)13-7-9-14(15)10-8-13/h7-12H,4-6H2,1-3H3. The van der Waals surface area contributed by atoms with Crippen LogP contribution < -0.4 is 0 Å². The van der Waals surface area contributed by atoms with E-state index in [-0.39, 0.29) is 0 Å². The predicted octanol–water partition coefficient (Wildman–Crippen LogP) is 5.27. The van der Waals surface area contributed by atoms with Gasteiger partial charge in [-0.05, 0) is 36.0 Å². The van der Waals surface area contributed by atoms with E-state index in [1.807, 2.05) is 12.1 Å². The van der Waals surface area contributed by atoms with Gasteiger partial charge in [-0.2, -0.15) is 0 Å². The molecule has 15 heavy (non-hydrogen) atoms. The SMILES string of the molecule is CCC(C)CCC(C)c1ccc(Cl)cc1. The molecule has 1 aromatic carbocycles. The molecule has 2 unspecified atom stereocenters. The molecule has 0 N–H and O–H groups in total. The summed E-state index contributed by atoms with van der Waals surface area (Å²) in [5.74, 6) is 1.50. The van der Waals surface area contributed by atoms with Gasteiger partial charge in [0.25, 0.3) is 0 Å². The van der Waals surface area contributed by atoms with Crippen molar-refractivity contribution in [3.63, 3.8) is 0 Å². The molecular weight excluding hydrogens is 204 g/mol. The van der Waals surface area contributed by atoms with Crippen molar-refractivity contribution in [2.45, 2.75) is 46.0 Å². The Morgan fingerprint density at radius 2 is 1.67 bits per heavy atom. The Labute approximate surface area is 98.7 Å². The van der Waals surface area contributed by atoms with Crippen LogP contribution in [-0.4, -0.2) is 0 Å². The van der Waals surface area contributed by atoms with E-state index in [9.17, 15) is 0 Å². The minimum Gasteiger partial charge on any atom is -0.0843 e. The second kappa shape index (κ2) is 6.17. The van der Waals surface area contributed by atoms with Gasteiger partial charge in [-0.25, -0.2) is 0 Å². The Balaban J connectivity index is 2.46. The predicted molar refractivity (Wildman–Crippen MR) is 68.6 cm³/mol. The van der Waals surface area contributed by atoms with E-state index in [1.54, 1.807) is 0 Å². The number of benzene rings is 1. The van der Waals surface area contributed by atoms with E-state index in [2.05, 4.69) is 32.9 Å². The second-order valence-electron chi connectivity index (χ2n) is 4.54. The maximum absolute atomic E-state index is 5.87. The lowest BCUT2D eigenvalue weighted by atomic mass is 9.91. The van der Waals surface area contributed by atoms with Gasteiger partial charge in [-0.3, -0.25) is 0 Å². The van der Waals surface area contributed by atoms with Gasteiger partial charge in [0, 0.05) is 5.02 Å². The largest absolute Gasteiger partial charge is 0.0843 e. The zero-order valence-corrected chi connectivity index (χ0v) is 10.7. The summed E-state index contributed by atoms with van der Waals surface area (Å²) < 4.78 is 0. The highest BCUT2D eigenvalue weighted by atomic mass is 35.5. The molecule has 0 saturated heterocycles. The van der Waals surface area contributed by atoms with Crippen LogP contribution in [0.3, 0.4) is 0 Å². The Kier molecular flexibility index (Phi) is 5.17. The van der Waals surface area contributed by atoms with Gasteiger partial charge in [0.1, 0.15) is 0 Å². The Bertz CT molecular complexity index is 276. The minimum atomic E-state index is 0.649. The maximum Gasteiger partial charge on any atom is 0.0406 e. The third kappa shape index (κ3) is 4.25. The number of hydrogen-bond donors (Lipinski definition) is 0. The van der Waals surface area contributed by atoms with E-state index < -0.39 is 0 Å². The highest BCUT2D eigenvalue weighted by Crippen LogP contribution is 2.24. The Hall–Kier alpha value is -0.490. The van der Waals surface area contributed by atoms with Crippen LogP contribution in [-0.2, 0) is 0 Å². The molecule has 0 radical (unpaired) electrons. The summed E-state index contributed by atoms with van der Waals surface area (Å²) in [6, 6.07) is 8.25. The molecular formula is C14H21Cl. The average molecular weight is 225 g/mol. The maximum atomic E-state index is 5.87. The molecule has 0 amide bonds. The molecule has 1 aromatic rings. The molecule has 1 heteroatoms. The first-order valence-corrected chi connectivity index (χ1v) is 6.26. The van der Waals surface area contributed by atoms with Crippen molar-refractivity contribution < 1.29 is 0 Å². The molecule has 2 atom stereocenters. The zero-order chi connectivity index (χ0) is 11.3. The topological polar surface area (TPSA) is 0 Å². The average Bonchev–Trinajstić information content (AvgIpc) is 2.26. The summed E-state index contributed by atoms with van der Waals surface area (Å²) in [5.41, 5.74) is 1.41. The first-order chi connectivity index (χ1) is 7.13. The van der Waals surface area contributed by atoms with Crippen molar-refractivity contribution in [3.8, 4) is 0 Å². The molecule has 0 aromatic heterocycles. The fourth-order valence-electron chi connectivity index (χ4n) is 1.70. The molecule has 84 valence electrons. The van der Waals surface area contributed by atoms with Crippen LogP contribution in [0.5, 0.6) is 0 Å². The first-order valence-electron chi connectivity index (χ1n) is 5.89. The fraction of sp³-hybridized carbons (Fsp3) is 0.571. The van der Waals surface area contributed by atoms with Gasteiger partial charge in [-0.1, -0.05) is 57.3 Å². The summed E-state index contributed by atoms with van der Waals surface area (Å²) in [6.45, 7) is 6.89. The van der Waals surface area contributed by atoms with E-state index >= 15 is 0 Å². The quantitative estimate of drug-likeness (QED) is 0.639. The van der Waals surface area contributed by atoms with E-state index in [0.717, 1.165) is 10.9 Å². The third-order valence-corrected chi connectivity index (χ3v) is 3.48. The highest BCUT2D eigenvalue weighted by Gasteiger charge is 2.07. The zero-order valence-electron chi connectivity index (χ0n) is 9.96. The van der Waals surface area contributed by atoms with Gasteiger partial charge in [0.15, 0.2) is 0 Å². The number of rotatable bonds is 5. The van der Waals surface area contributed by atoms with Crippen molar-refractivity contribution in [1.29, 1.82) is 0 Å². The highest BCUT2D eigenvalue weighted by molar-refractivity contribution is 6.30. The second-order valence-corrected chi connectivity index (χ2v) is 4.98. The lowest BCUT2D eigenvalue weighted by Gasteiger charge is -2.14. The number of hydrogen-bond acceptors (Lipinski definition) is 0. The summed E-state index contributed by atoms with van der Waals surface area (Å²) in [6.07, 6.45) is 3.88. The fourth-order valence-corrected chi connectivity index (χ4v) is 1.82. The summed E-state index contributed by atoms with van der Waals surface area (Å²) in [7, 11) is 0. The van der Waals surface area contributed by atoms with E-state index in [0.29, 0.717) is 5.92 Å². The van der Waals surface area contributed by atoms with Gasteiger partial charge >= 0.3 is 0 Å². The summed E-state index contributed by atoms with van der Waals surface area (Å²) in [5, 5.41) is 0.827. The van der Waals surface area contributed by atoms with Crippen LogP contribution in [0.4, 0.5) is 0 Å². The molecule has 0 nitrogen and oxygen atoms in total. The molecule has 0 saturated carbocycles. The molecule has 1 rings (SSSR count). The van der Waals surface area contributed by atoms with Gasteiger partial charge in [0.2, 0.25) is 0 Å². The lowest BCUT2D eigenvalue weighted by Crippen LogP contribution is -1.98. The molecule has 0 fully saturated rings. The monoisotopic (exact) mass is 224 g/mol. The van der Waals surface area contributed by atoms with Crippen LogP contribution in [0.25, 0.3) is 0 Å². The Morgan fingerprint density at radius 1 is 1.07 bits per heavy atom. The van der Waals surface area contributed by atoms with Crippen LogP contribution in [0.1, 0.15) is 51.5 Å². The summed E-state index contributed by atoms with van der Waals surface area (Å²) in [4.78, 5) is 0. The smallest absolute Gasteiger partial charge is 0.0406 e. The minimum absolute atomic E-state index is 0.649. The number of halogens is 1. The van der Waals surface area contributed by atoms with E-state index in [1.165, 1.54) is 24.8 Å². The molecule has 0 spiro atoms. The normalized spacial score (nSPS) is 14.9. The van der Waals surface area contributed by atoms with E-state index in [4.69, 9.17) is 11.6 Å². The third-order valence-electron chi connectivity index (χ3n) is 3.23. The summed E-state index contributed by atoms with van der Waals surface area (Å²) >= 11 is 5.87. The Morgan fingerprint density at radius 3 is 2.20 bits per heavy atom. The van der Waals surface area contributed by atoms with Crippen LogP contribution in [0, 0.1) is 5.92 Å². The van der Waals surface area contributed by atoms with Crippen molar-refractivity contribution in [1.82, 2.24) is 0 Å². The lowest BCUT2D eigenvalue weighted by molar-refractivity contribution is 0.470. The van der Waals surface area contributed by atoms with Crippen molar-refractivity contribution in [2.75, 3.05) is 0 Å². The van der Waals surface area contributed by atoms with Crippen molar-refractivity contribution in [2.24, 2.45) is 5.92 Å². The molecule has 0 aliphatic carbocycles. The molecule has 0 bridgehead atoms. The van der Waals surface area contributed by atoms with Crippen molar-refractivity contribution >= 4 is 11.6 Å². The van der Waals surface area contributed by atoms with Crippen molar-refractivity contribution in [3.05, 3.63) is 34.9 Å². The molecule has 0 aliphatic rings. The molecule has 0 heterocycles. The van der Waals surface area contributed by atoms with Crippen LogP contribution >= 0.6 is 11.6 Å². The molecule has 0 aliphatic heterocycles. The van der Waals surface area contributed by atoms with Gasteiger partial charge < -0.3 is 0 Å². The van der Waals surface area contributed by atoms with Crippen LogP contribution in [0.15, 0.2) is 24.3 Å². The van der Waals surface area contributed by atoms with Crippen LogP contribution in [0.2, 0.25) is 5.02 Å². The van der Waals surface area contributed by atoms with Gasteiger partial charge in [-0.15, -0.1) is 0 Å². The first kappa shape index (κ1) is 12.6.